The Morgan fingerprint density at radius 3 is 2.00 bits per heavy atom. The molecule has 2 unspecified atom stereocenters. The van der Waals surface area contributed by atoms with Crippen molar-refractivity contribution >= 4 is 16.2 Å². The number of likely N-dealkylation sites (N-methyl/N-ethyl adjacent to an activating group) is 2. The summed E-state index contributed by atoms with van der Waals surface area (Å²) < 4.78 is 34.0. The van der Waals surface area contributed by atoms with Gasteiger partial charge in [-0.3, -0.25) is 18.8 Å². The van der Waals surface area contributed by atoms with Crippen molar-refractivity contribution < 1.29 is 27.0 Å². The second-order valence-electron chi connectivity index (χ2n) is 9.34. The molecular weight excluding hydrogens is 458 g/mol. The van der Waals surface area contributed by atoms with Gasteiger partial charge in [0, 0.05) is 13.1 Å². The minimum atomic E-state index is -3.65. The van der Waals surface area contributed by atoms with Gasteiger partial charge in [0.15, 0.2) is 0 Å². The molecule has 0 saturated heterocycles. The van der Waals surface area contributed by atoms with Crippen LogP contribution in [0, 0.1) is 6.92 Å². The van der Waals surface area contributed by atoms with Crippen molar-refractivity contribution in [3.63, 3.8) is 0 Å². The van der Waals surface area contributed by atoms with Crippen LogP contribution >= 0.6 is 0 Å². The topological polar surface area (TPSA) is 97.4 Å². The average Bonchev–Trinajstić information content (AvgIpc) is 3.34. The maximum atomic E-state index is 11.9. The zero-order valence-corrected chi connectivity index (χ0v) is 21.7. The summed E-state index contributed by atoms with van der Waals surface area (Å²) in [5, 5.41) is 0. The van der Waals surface area contributed by atoms with Gasteiger partial charge in [-0.2, -0.15) is 13.9 Å². The van der Waals surface area contributed by atoms with Crippen molar-refractivity contribution in [1.82, 2.24) is 15.3 Å². The highest BCUT2D eigenvalue weighted by molar-refractivity contribution is 7.86. The fraction of sp³-hybridized carbons (Fsp3) is 0.542. The Morgan fingerprint density at radius 2 is 1.53 bits per heavy atom. The fourth-order valence-corrected chi connectivity index (χ4v) is 4.04. The number of hydrogen-bond donors (Lipinski definition) is 1. The number of ether oxygens (including phenoxy) is 1. The lowest BCUT2D eigenvalue weighted by Gasteiger charge is -2.21. The van der Waals surface area contributed by atoms with Crippen LogP contribution in [0.1, 0.15) is 26.3 Å². The molecule has 0 saturated carbocycles. The Labute approximate surface area is 203 Å². The largest absolute Gasteiger partial charge is 0.442 e. The van der Waals surface area contributed by atoms with Gasteiger partial charge in [-0.15, -0.1) is 0 Å². The zero-order chi connectivity index (χ0) is 25.4. The van der Waals surface area contributed by atoms with Gasteiger partial charge < -0.3 is 4.74 Å². The van der Waals surface area contributed by atoms with E-state index in [1.807, 2.05) is 38.1 Å². The van der Waals surface area contributed by atoms with Crippen molar-refractivity contribution in [2.45, 2.75) is 50.3 Å². The predicted octanol–water partition coefficient (Wildman–Crippen LogP) is 2.88. The van der Waals surface area contributed by atoms with Gasteiger partial charge in [0.2, 0.25) is 0 Å². The van der Waals surface area contributed by atoms with Crippen LogP contribution < -0.4 is 5.48 Å². The van der Waals surface area contributed by atoms with Crippen molar-refractivity contribution in [2.75, 3.05) is 40.4 Å². The van der Waals surface area contributed by atoms with E-state index in [9.17, 15) is 13.2 Å². The molecule has 1 aromatic rings. The normalized spacial score (nSPS) is 20.8. The molecule has 2 heterocycles. The van der Waals surface area contributed by atoms with Crippen molar-refractivity contribution in [1.29, 1.82) is 0 Å². The third-order valence-electron chi connectivity index (χ3n) is 5.15. The highest BCUT2D eigenvalue weighted by Crippen LogP contribution is 2.15. The number of nitrogens with zero attached hydrogens (tertiary/aromatic N) is 2. The maximum absolute atomic E-state index is 11.9. The third-order valence-corrected chi connectivity index (χ3v) is 6.44. The highest BCUT2D eigenvalue weighted by atomic mass is 32.2. The molecule has 0 radical (unpaired) electrons. The number of nitrogens with one attached hydrogen (secondary N) is 1. The molecule has 0 aliphatic carbocycles. The van der Waals surface area contributed by atoms with Crippen LogP contribution in [0.25, 0.3) is 0 Å². The van der Waals surface area contributed by atoms with Gasteiger partial charge in [0.25, 0.3) is 10.1 Å². The molecule has 1 N–H and O–H groups in total. The monoisotopic (exact) mass is 495 g/mol. The fourth-order valence-electron chi connectivity index (χ4n) is 3.12. The summed E-state index contributed by atoms with van der Waals surface area (Å²) in [7, 11) is 0.290. The smallest absolute Gasteiger partial charge is 0.431 e. The summed E-state index contributed by atoms with van der Waals surface area (Å²) >= 11 is 0. The van der Waals surface area contributed by atoms with Crippen molar-refractivity contribution in [3.8, 4) is 0 Å². The molecular formula is C24H37N3O6S. The standard InChI is InChI=1S/C13H17NO3S.C11H20N2O3/c1-11-5-7-13(8-6-11)18(15,16)17-10-12-4-3-9-14(12)2;1-11(2,3)16-10(14)12-15-8-9-6-5-7-13(9)4/h3-8,12H,9-10H2,1-2H3;5-6,9H,7-8H2,1-4H3,(H,12,14). The molecule has 2 aliphatic heterocycles. The van der Waals surface area contributed by atoms with Crippen LogP contribution in [0.3, 0.4) is 0 Å². The molecule has 0 bridgehead atoms. The zero-order valence-electron chi connectivity index (χ0n) is 20.9. The van der Waals surface area contributed by atoms with Crippen molar-refractivity contribution in [3.05, 3.63) is 54.1 Å². The van der Waals surface area contributed by atoms with E-state index >= 15 is 0 Å². The van der Waals surface area contributed by atoms with Crippen LogP contribution in [-0.2, 0) is 23.9 Å². The highest BCUT2D eigenvalue weighted by Gasteiger charge is 2.21. The van der Waals surface area contributed by atoms with Crippen molar-refractivity contribution in [2.24, 2.45) is 0 Å². The number of carbonyl (C=O) groups excluding carboxylic acids is 1. The van der Waals surface area contributed by atoms with E-state index < -0.39 is 21.8 Å². The number of benzene rings is 1. The van der Waals surface area contributed by atoms with Gasteiger partial charge in [0.05, 0.1) is 30.2 Å². The number of aryl methyl sites for hydroxylation is 1. The minimum absolute atomic E-state index is 0.0326. The van der Waals surface area contributed by atoms with Gasteiger partial charge in [-0.1, -0.05) is 42.0 Å². The first-order chi connectivity index (χ1) is 15.9. The van der Waals surface area contributed by atoms with Gasteiger partial charge in [-0.25, -0.2) is 4.79 Å². The molecule has 0 spiro atoms. The van der Waals surface area contributed by atoms with Crippen LogP contribution in [0.15, 0.2) is 53.5 Å². The molecule has 3 rings (SSSR count). The molecule has 34 heavy (non-hydrogen) atoms. The molecule has 1 amide bonds. The molecule has 1 aromatic carbocycles. The van der Waals surface area contributed by atoms with E-state index in [4.69, 9.17) is 13.8 Å². The lowest BCUT2D eigenvalue weighted by Crippen LogP contribution is -2.37. The van der Waals surface area contributed by atoms with E-state index in [1.165, 1.54) is 0 Å². The molecule has 9 nitrogen and oxygen atoms in total. The molecule has 2 aliphatic rings. The van der Waals surface area contributed by atoms with Gasteiger partial charge in [0.1, 0.15) is 5.60 Å². The third kappa shape index (κ3) is 9.55. The van der Waals surface area contributed by atoms with Crippen LogP contribution in [0.2, 0.25) is 0 Å². The number of hydrogen-bond acceptors (Lipinski definition) is 8. The van der Waals surface area contributed by atoms with Crippen LogP contribution in [-0.4, -0.2) is 82.4 Å². The van der Waals surface area contributed by atoms with E-state index in [2.05, 4.69) is 22.5 Å². The first kappa shape index (κ1) is 28.0. The number of amides is 1. The summed E-state index contributed by atoms with van der Waals surface area (Å²) in [4.78, 5) is 20.7. The van der Waals surface area contributed by atoms with E-state index in [1.54, 1.807) is 45.0 Å². The molecule has 2 atom stereocenters. The molecule has 0 fully saturated rings. The van der Waals surface area contributed by atoms with E-state index in [-0.39, 0.29) is 23.6 Å². The number of carbonyl (C=O) groups is 1. The van der Waals surface area contributed by atoms with Crippen LogP contribution in [0.4, 0.5) is 4.79 Å². The lowest BCUT2D eigenvalue weighted by molar-refractivity contribution is -0.0165. The maximum Gasteiger partial charge on any atom is 0.431 e. The molecule has 0 aromatic heterocycles. The minimum Gasteiger partial charge on any atom is -0.442 e. The summed E-state index contributed by atoms with van der Waals surface area (Å²) in [5.41, 5.74) is 2.78. The average molecular weight is 496 g/mol. The Hall–Kier alpha value is -2.24. The SMILES string of the molecule is CN1CC=CC1CONC(=O)OC(C)(C)C.Cc1ccc(S(=O)(=O)OCC2C=CCN2C)cc1. The van der Waals surface area contributed by atoms with Crippen LogP contribution in [0.5, 0.6) is 0 Å². The van der Waals surface area contributed by atoms with E-state index in [0.29, 0.717) is 6.61 Å². The lowest BCUT2D eigenvalue weighted by atomic mass is 10.2. The first-order valence-electron chi connectivity index (χ1n) is 11.2. The number of rotatable bonds is 7. The Bertz CT molecular complexity index is 954. The Morgan fingerprint density at radius 1 is 1.00 bits per heavy atom. The number of hydroxylamine groups is 1. The van der Waals surface area contributed by atoms with Gasteiger partial charge in [-0.05, 0) is 53.9 Å². The second-order valence-corrected chi connectivity index (χ2v) is 11.0. The predicted molar refractivity (Wildman–Crippen MR) is 131 cm³/mol. The summed E-state index contributed by atoms with van der Waals surface area (Å²) in [6.07, 6.45) is 7.53. The quantitative estimate of drug-likeness (QED) is 0.350. The van der Waals surface area contributed by atoms with Gasteiger partial charge >= 0.3 is 6.09 Å². The Kier molecular flexibility index (Phi) is 10.3. The summed E-state index contributed by atoms with van der Waals surface area (Å²) in [6, 6.07) is 6.91. The summed E-state index contributed by atoms with van der Waals surface area (Å²) in [6.45, 7) is 9.66. The molecule has 10 heteroatoms. The first-order valence-corrected chi connectivity index (χ1v) is 12.6. The van der Waals surface area contributed by atoms with E-state index in [0.717, 1.165) is 18.7 Å². The Balaban J connectivity index is 0.000000242. The second kappa shape index (κ2) is 12.5. The summed E-state index contributed by atoms with van der Waals surface area (Å²) in [5.74, 6) is 0. The molecule has 190 valence electrons.